The number of aromatic amines is 1. The van der Waals surface area contributed by atoms with Gasteiger partial charge >= 0.3 is 0 Å². The van der Waals surface area contributed by atoms with Gasteiger partial charge in [0.25, 0.3) is 5.91 Å². The normalized spacial score (nSPS) is 13.7. The highest BCUT2D eigenvalue weighted by atomic mass is 35.5. The van der Waals surface area contributed by atoms with E-state index in [1.807, 2.05) is 65.6 Å². The van der Waals surface area contributed by atoms with E-state index in [1.165, 1.54) is 0 Å². The van der Waals surface area contributed by atoms with Gasteiger partial charge in [-0.05, 0) is 41.0 Å². The van der Waals surface area contributed by atoms with Crippen LogP contribution in [0.5, 0.6) is 0 Å². The second-order valence-corrected chi connectivity index (χ2v) is 8.53. The summed E-state index contributed by atoms with van der Waals surface area (Å²) in [5.41, 5.74) is 4.51. The molecule has 3 aromatic carbocycles. The minimum atomic E-state index is -0.672. The summed E-state index contributed by atoms with van der Waals surface area (Å²) in [6.07, 6.45) is 0.421. The minimum absolute atomic E-state index is 0.0856. The molecule has 32 heavy (non-hydrogen) atoms. The number of nitrogens with one attached hydrogen (secondary N) is 2. The Bertz CT molecular complexity index is 1270. The average molecular weight is 444 g/mol. The van der Waals surface area contributed by atoms with Crippen molar-refractivity contribution in [3.05, 3.63) is 106 Å². The maximum absolute atomic E-state index is 13.5. The molecule has 0 spiro atoms. The second-order valence-electron chi connectivity index (χ2n) is 8.09. The number of benzene rings is 3. The maximum Gasteiger partial charge on any atom is 0.268 e. The number of hydrogen-bond donors (Lipinski definition) is 2. The zero-order chi connectivity index (χ0) is 22.1. The molecule has 2 heterocycles. The molecule has 2 amide bonds. The molecule has 5 nitrogen and oxygen atoms in total. The fourth-order valence-corrected chi connectivity index (χ4v) is 4.40. The maximum atomic E-state index is 13.5. The first-order chi connectivity index (χ1) is 15.6. The van der Waals surface area contributed by atoms with Gasteiger partial charge in [-0.25, -0.2) is 0 Å². The van der Waals surface area contributed by atoms with Crippen LogP contribution in [0.25, 0.3) is 10.9 Å². The number of carbonyl (C=O) groups is 2. The van der Waals surface area contributed by atoms with Gasteiger partial charge in [-0.15, -0.1) is 0 Å². The molecule has 0 aliphatic carbocycles. The van der Waals surface area contributed by atoms with Crippen LogP contribution in [0, 0.1) is 0 Å². The number of H-pyrrole nitrogens is 1. The van der Waals surface area contributed by atoms with Gasteiger partial charge in [0, 0.05) is 35.4 Å². The van der Waals surface area contributed by atoms with Gasteiger partial charge in [0.05, 0.1) is 0 Å². The quantitative estimate of drug-likeness (QED) is 0.469. The minimum Gasteiger partial charge on any atom is -0.351 e. The molecular formula is C26H22ClN3O2. The molecule has 4 aromatic rings. The molecule has 0 fully saturated rings. The molecule has 2 N–H and O–H groups in total. The van der Waals surface area contributed by atoms with Crippen LogP contribution < -0.4 is 5.32 Å². The van der Waals surface area contributed by atoms with E-state index in [0.29, 0.717) is 30.2 Å². The number of fused-ring (bicyclic) bond motifs is 2. The fraction of sp³-hybridized carbons (Fsp3) is 0.154. The largest absolute Gasteiger partial charge is 0.351 e. The average Bonchev–Trinajstić information content (AvgIpc) is 3.42. The van der Waals surface area contributed by atoms with E-state index in [1.54, 1.807) is 18.2 Å². The van der Waals surface area contributed by atoms with E-state index in [4.69, 9.17) is 11.6 Å². The topological polar surface area (TPSA) is 65.2 Å². The standard InChI is InChI=1S/C26H22ClN3O2/c27-21-10-11-22-20(13-21)14-23(28-22)25(31)29-24(12-17-6-2-1-3-7-17)26(32)30-15-18-8-4-5-9-19(18)16-30/h1-11,13-14,24,28H,12,15-16H2,(H,29,31)/t24-/m0/s1. The Morgan fingerprint density at radius 3 is 2.34 bits per heavy atom. The van der Waals surface area contributed by atoms with E-state index in [9.17, 15) is 9.59 Å². The highest BCUT2D eigenvalue weighted by Crippen LogP contribution is 2.24. The van der Waals surface area contributed by atoms with Crippen molar-refractivity contribution in [1.29, 1.82) is 0 Å². The van der Waals surface area contributed by atoms with Gasteiger partial charge in [0.2, 0.25) is 5.91 Å². The smallest absolute Gasteiger partial charge is 0.268 e. The van der Waals surface area contributed by atoms with Gasteiger partial charge in [0.1, 0.15) is 11.7 Å². The van der Waals surface area contributed by atoms with Crippen LogP contribution in [0.4, 0.5) is 0 Å². The molecule has 5 rings (SSSR count). The molecule has 0 saturated heterocycles. The predicted molar refractivity (Wildman–Crippen MR) is 125 cm³/mol. The SMILES string of the molecule is O=C(N[C@@H](Cc1ccccc1)C(=O)N1Cc2ccccc2C1)c1cc2cc(Cl)ccc2[nH]1. The van der Waals surface area contributed by atoms with Crippen LogP contribution in [0.3, 0.4) is 0 Å². The lowest BCUT2D eigenvalue weighted by atomic mass is 10.0. The zero-order valence-electron chi connectivity index (χ0n) is 17.3. The first kappa shape index (κ1) is 20.3. The van der Waals surface area contributed by atoms with Crippen LogP contribution in [0.15, 0.2) is 78.9 Å². The van der Waals surface area contributed by atoms with E-state index in [0.717, 1.165) is 27.6 Å². The number of carbonyl (C=O) groups excluding carboxylic acids is 2. The van der Waals surface area contributed by atoms with Gasteiger partial charge in [-0.1, -0.05) is 66.2 Å². The third-order valence-corrected chi connectivity index (χ3v) is 6.10. The molecule has 0 saturated carbocycles. The lowest BCUT2D eigenvalue weighted by Crippen LogP contribution is -2.48. The highest BCUT2D eigenvalue weighted by Gasteiger charge is 2.30. The van der Waals surface area contributed by atoms with E-state index < -0.39 is 6.04 Å². The number of aromatic nitrogens is 1. The lowest BCUT2D eigenvalue weighted by molar-refractivity contribution is -0.133. The Morgan fingerprint density at radius 2 is 1.62 bits per heavy atom. The van der Waals surface area contributed by atoms with E-state index >= 15 is 0 Å². The van der Waals surface area contributed by atoms with Crippen LogP contribution in [-0.4, -0.2) is 27.7 Å². The zero-order valence-corrected chi connectivity index (χ0v) is 18.1. The monoisotopic (exact) mass is 443 g/mol. The van der Waals surface area contributed by atoms with Gasteiger partial charge in [0.15, 0.2) is 0 Å². The molecule has 0 radical (unpaired) electrons. The van der Waals surface area contributed by atoms with Crippen molar-refractivity contribution in [1.82, 2.24) is 15.2 Å². The van der Waals surface area contributed by atoms with Crippen molar-refractivity contribution in [3.63, 3.8) is 0 Å². The van der Waals surface area contributed by atoms with Crippen LogP contribution in [0.2, 0.25) is 5.02 Å². The summed E-state index contributed by atoms with van der Waals surface area (Å²) < 4.78 is 0. The van der Waals surface area contributed by atoms with Crippen molar-refractivity contribution < 1.29 is 9.59 Å². The Balaban J connectivity index is 1.39. The summed E-state index contributed by atoms with van der Waals surface area (Å²) in [5, 5.41) is 4.42. The summed E-state index contributed by atoms with van der Waals surface area (Å²) in [4.78, 5) is 31.5. The highest BCUT2D eigenvalue weighted by molar-refractivity contribution is 6.31. The summed E-state index contributed by atoms with van der Waals surface area (Å²) in [7, 11) is 0. The van der Waals surface area contributed by atoms with Crippen molar-refractivity contribution >= 4 is 34.3 Å². The van der Waals surface area contributed by atoms with Crippen molar-refractivity contribution in [2.45, 2.75) is 25.6 Å². The van der Waals surface area contributed by atoms with E-state index in [-0.39, 0.29) is 11.8 Å². The van der Waals surface area contributed by atoms with Crippen LogP contribution in [0.1, 0.15) is 27.2 Å². The van der Waals surface area contributed by atoms with Crippen molar-refractivity contribution in [2.75, 3.05) is 0 Å². The Labute approximate surface area is 191 Å². The molecule has 160 valence electrons. The first-order valence-electron chi connectivity index (χ1n) is 10.6. The molecule has 1 atom stereocenters. The first-order valence-corrected chi connectivity index (χ1v) is 10.9. The van der Waals surface area contributed by atoms with E-state index in [2.05, 4.69) is 10.3 Å². The number of hydrogen-bond acceptors (Lipinski definition) is 2. The third-order valence-electron chi connectivity index (χ3n) is 5.87. The van der Waals surface area contributed by atoms with Crippen molar-refractivity contribution in [2.24, 2.45) is 0 Å². The summed E-state index contributed by atoms with van der Waals surface area (Å²) >= 11 is 6.07. The molecule has 0 bridgehead atoms. The summed E-state index contributed by atoms with van der Waals surface area (Å²) in [6, 6.07) is 24.3. The molecule has 1 aromatic heterocycles. The Kier molecular flexibility index (Phi) is 5.41. The van der Waals surface area contributed by atoms with Crippen LogP contribution >= 0.6 is 11.6 Å². The molecule has 1 aliphatic rings. The molecule has 0 unspecified atom stereocenters. The fourth-order valence-electron chi connectivity index (χ4n) is 4.22. The molecule has 6 heteroatoms. The number of halogens is 1. The lowest BCUT2D eigenvalue weighted by Gasteiger charge is -2.24. The summed E-state index contributed by atoms with van der Waals surface area (Å²) in [5.74, 6) is -0.402. The number of amides is 2. The van der Waals surface area contributed by atoms with Gasteiger partial charge in [-0.3, -0.25) is 9.59 Å². The van der Waals surface area contributed by atoms with Crippen molar-refractivity contribution in [3.8, 4) is 0 Å². The second kappa shape index (κ2) is 8.52. The molecule has 1 aliphatic heterocycles. The third kappa shape index (κ3) is 4.12. The summed E-state index contributed by atoms with van der Waals surface area (Å²) in [6.45, 7) is 1.11. The number of rotatable bonds is 5. The van der Waals surface area contributed by atoms with Gasteiger partial charge < -0.3 is 15.2 Å². The Hall–Kier alpha value is -3.57. The van der Waals surface area contributed by atoms with Crippen LogP contribution in [-0.2, 0) is 24.3 Å². The Morgan fingerprint density at radius 1 is 0.938 bits per heavy atom. The number of nitrogens with zero attached hydrogens (tertiary/aromatic N) is 1. The van der Waals surface area contributed by atoms with Gasteiger partial charge in [-0.2, -0.15) is 0 Å². The molecular weight excluding hydrogens is 422 g/mol. The predicted octanol–water partition coefficient (Wildman–Crippen LogP) is 4.70.